The molecule has 1 aromatic heterocycles. The van der Waals surface area contributed by atoms with Crippen LogP contribution in [0.25, 0.3) is 0 Å². The average molecular weight is 594 g/mol. The van der Waals surface area contributed by atoms with E-state index in [1.54, 1.807) is 27.8 Å². The summed E-state index contributed by atoms with van der Waals surface area (Å²) in [6.07, 6.45) is 4.61. The van der Waals surface area contributed by atoms with E-state index in [1.807, 2.05) is 5.01 Å². The van der Waals surface area contributed by atoms with Crippen LogP contribution in [0.1, 0.15) is 37.9 Å². The maximum absolute atomic E-state index is 12.4. The number of benzene rings is 1. The van der Waals surface area contributed by atoms with E-state index in [0.29, 0.717) is 18.8 Å². The standard InChI is InChI=1S/C26H39N7O5S2/c1-26(2,19-28-23(34)16-33-15-21(29-31-33)14-27-24(35)17-37-3)40-39-22-8-6-20(7-9-22)10-13-38-18-25(36)30-32-11-4-5-12-32/h6-9,15H,4-5,10-14,16-19H2,1-3H3,(H,27,35)(H,28,34)(H,30,36). The topological polar surface area (TPSA) is 140 Å². The van der Waals surface area contributed by atoms with Gasteiger partial charge in [-0.15, -0.1) is 5.10 Å². The Bertz CT molecular complexity index is 1090. The molecule has 2 aromatic rings. The predicted octanol–water partition coefficient (Wildman–Crippen LogP) is 1.56. The first-order valence-electron chi connectivity index (χ1n) is 13.2. The van der Waals surface area contributed by atoms with Crippen LogP contribution in [0.4, 0.5) is 0 Å². The van der Waals surface area contributed by atoms with Crippen molar-refractivity contribution in [3.63, 3.8) is 0 Å². The summed E-state index contributed by atoms with van der Waals surface area (Å²) in [5, 5.41) is 15.5. The first-order valence-corrected chi connectivity index (χ1v) is 15.4. The van der Waals surface area contributed by atoms with E-state index in [1.165, 1.54) is 11.8 Å². The van der Waals surface area contributed by atoms with Gasteiger partial charge in [0.15, 0.2) is 0 Å². The van der Waals surface area contributed by atoms with Crippen LogP contribution >= 0.6 is 21.6 Å². The third kappa shape index (κ3) is 12.3. The highest BCUT2D eigenvalue weighted by atomic mass is 33.1. The Morgan fingerprint density at radius 2 is 1.77 bits per heavy atom. The average Bonchev–Trinajstić information content (AvgIpc) is 3.61. The molecular weight excluding hydrogens is 554 g/mol. The third-order valence-electron chi connectivity index (χ3n) is 5.79. The summed E-state index contributed by atoms with van der Waals surface area (Å²) in [5.41, 5.74) is 4.57. The van der Waals surface area contributed by atoms with Crippen LogP contribution in [0.2, 0.25) is 0 Å². The molecule has 0 saturated carbocycles. The summed E-state index contributed by atoms with van der Waals surface area (Å²) in [6, 6.07) is 8.28. The third-order valence-corrected chi connectivity index (χ3v) is 9.11. The van der Waals surface area contributed by atoms with Gasteiger partial charge in [0.05, 0.1) is 19.3 Å². The molecule has 1 aliphatic heterocycles. The fourth-order valence-corrected chi connectivity index (χ4v) is 5.85. The molecule has 40 heavy (non-hydrogen) atoms. The molecule has 12 nitrogen and oxygen atoms in total. The summed E-state index contributed by atoms with van der Waals surface area (Å²) in [6.45, 7) is 7.25. The maximum atomic E-state index is 12.4. The van der Waals surface area contributed by atoms with Crippen LogP contribution in [0.15, 0.2) is 35.4 Å². The van der Waals surface area contributed by atoms with Crippen LogP contribution < -0.4 is 16.1 Å². The lowest BCUT2D eigenvalue weighted by molar-refractivity contribution is -0.130. The Morgan fingerprint density at radius 1 is 1.02 bits per heavy atom. The molecule has 0 radical (unpaired) electrons. The summed E-state index contributed by atoms with van der Waals surface area (Å²) < 4.78 is 11.5. The minimum absolute atomic E-state index is 0.0230. The molecule has 0 aliphatic carbocycles. The number of aromatic nitrogens is 3. The highest BCUT2D eigenvalue weighted by Gasteiger charge is 2.21. The number of amides is 3. The number of ether oxygens (including phenoxy) is 2. The minimum Gasteiger partial charge on any atom is -0.375 e. The van der Waals surface area contributed by atoms with Gasteiger partial charge in [-0.25, -0.2) is 9.69 Å². The molecule has 3 amide bonds. The molecule has 220 valence electrons. The van der Waals surface area contributed by atoms with E-state index in [2.05, 4.69) is 64.5 Å². The number of hydrazine groups is 1. The molecule has 3 N–H and O–H groups in total. The van der Waals surface area contributed by atoms with Gasteiger partial charge in [0.1, 0.15) is 25.5 Å². The normalized spacial score (nSPS) is 13.8. The van der Waals surface area contributed by atoms with Crippen LogP contribution in [-0.2, 0) is 43.4 Å². The van der Waals surface area contributed by atoms with Gasteiger partial charge in [-0.05, 0) is 50.8 Å². The molecule has 1 fully saturated rings. The second-order valence-corrected chi connectivity index (χ2v) is 12.9. The van der Waals surface area contributed by atoms with Crippen molar-refractivity contribution in [1.29, 1.82) is 0 Å². The Kier molecular flexibility index (Phi) is 13.2. The van der Waals surface area contributed by atoms with Crippen LogP contribution in [0.5, 0.6) is 0 Å². The van der Waals surface area contributed by atoms with Crippen molar-refractivity contribution >= 4 is 39.3 Å². The van der Waals surface area contributed by atoms with Crippen molar-refractivity contribution in [2.75, 3.05) is 46.6 Å². The maximum Gasteiger partial charge on any atom is 0.260 e. The molecule has 0 bridgehead atoms. The smallest absolute Gasteiger partial charge is 0.260 e. The number of nitrogens with zero attached hydrogens (tertiary/aromatic N) is 4. The molecule has 0 spiro atoms. The van der Waals surface area contributed by atoms with Crippen molar-refractivity contribution in [2.45, 2.75) is 55.8 Å². The van der Waals surface area contributed by atoms with Crippen molar-refractivity contribution < 1.29 is 23.9 Å². The van der Waals surface area contributed by atoms with Crippen molar-refractivity contribution in [3.8, 4) is 0 Å². The number of carbonyl (C=O) groups is 3. The number of methoxy groups -OCH3 is 1. The number of carbonyl (C=O) groups excluding carboxylic acids is 3. The predicted molar refractivity (Wildman–Crippen MR) is 154 cm³/mol. The van der Waals surface area contributed by atoms with E-state index in [9.17, 15) is 14.4 Å². The molecule has 14 heteroatoms. The Balaban J connectivity index is 1.29. The summed E-state index contributed by atoms with van der Waals surface area (Å²) in [4.78, 5) is 36.9. The van der Waals surface area contributed by atoms with Gasteiger partial charge in [0.2, 0.25) is 11.8 Å². The van der Waals surface area contributed by atoms with Crippen molar-refractivity contribution in [3.05, 3.63) is 41.7 Å². The van der Waals surface area contributed by atoms with Gasteiger partial charge in [-0.3, -0.25) is 19.8 Å². The highest BCUT2D eigenvalue weighted by molar-refractivity contribution is 8.77. The molecular formula is C26H39N7O5S2. The molecule has 0 unspecified atom stereocenters. The second kappa shape index (κ2) is 16.6. The molecule has 0 atom stereocenters. The molecule has 3 rings (SSSR count). The zero-order valence-electron chi connectivity index (χ0n) is 23.3. The number of rotatable bonds is 17. The minimum atomic E-state index is -0.247. The summed E-state index contributed by atoms with van der Waals surface area (Å²) in [7, 11) is 4.79. The number of hydrogen-bond acceptors (Lipinski definition) is 10. The SMILES string of the molecule is COCC(=O)NCc1cn(CC(=O)NCC(C)(C)SSc2ccc(CCOCC(=O)NN3CCCC3)cc2)nn1. The zero-order valence-corrected chi connectivity index (χ0v) is 24.9. The largest absolute Gasteiger partial charge is 0.375 e. The van der Waals surface area contributed by atoms with Gasteiger partial charge in [0.25, 0.3) is 5.91 Å². The second-order valence-electron chi connectivity index (χ2n) is 10.00. The quantitative estimate of drug-likeness (QED) is 0.183. The lowest BCUT2D eigenvalue weighted by Crippen LogP contribution is -2.41. The number of hydrogen-bond donors (Lipinski definition) is 3. The van der Waals surface area contributed by atoms with Crippen molar-refractivity contribution in [2.24, 2.45) is 0 Å². The Labute approximate surface area is 243 Å². The van der Waals surface area contributed by atoms with Crippen LogP contribution in [-0.4, -0.2) is 89.0 Å². The molecule has 1 aromatic carbocycles. The van der Waals surface area contributed by atoms with Crippen molar-refractivity contribution in [1.82, 2.24) is 36.1 Å². The summed E-state index contributed by atoms with van der Waals surface area (Å²) >= 11 is 0. The lowest BCUT2D eigenvalue weighted by Gasteiger charge is -2.23. The van der Waals surface area contributed by atoms with Gasteiger partial charge in [-0.2, -0.15) is 0 Å². The fourth-order valence-electron chi connectivity index (χ4n) is 3.68. The van der Waals surface area contributed by atoms with E-state index >= 15 is 0 Å². The van der Waals surface area contributed by atoms with Gasteiger partial charge in [0, 0.05) is 36.4 Å². The molecule has 1 saturated heterocycles. The molecule has 1 aliphatic rings. The number of nitrogens with one attached hydrogen (secondary N) is 3. The zero-order chi connectivity index (χ0) is 28.8. The monoisotopic (exact) mass is 593 g/mol. The highest BCUT2D eigenvalue weighted by Crippen LogP contribution is 2.40. The van der Waals surface area contributed by atoms with Gasteiger partial charge in [-0.1, -0.05) is 38.9 Å². The molecule has 2 heterocycles. The summed E-state index contributed by atoms with van der Waals surface area (Å²) in [5.74, 6) is -0.514. The Morgan fingerprint density at radius 3 is 2.50 bits per heavy atom. The Hall–Kier alpha value is -2.65. The van der Waals surface area contributed by atoms with E-state index < -0.39 is 0 Å². The van der Waals surface area contributed by atoms with E-state index in [0.717, 1.165) is 42.8 Å². The fraction of sp³-hybridized carbons (Fsp3) is 0.577. The van der Waals surface area contributed by atoms with Crippen LogP contribution in [0.3, 0.4) is 0 Å². The first-order chi connectivity index (χ1) is 19.2. The van der Waals surface area contributed by atoms with Crippen LogP contribution in [0, 0.1) is 0 Å². The lowest BCUT2D eigenvalue weighted by atomic mass is 10.2. The van der Waals surface area contributed by atoms with E-state index in [4.69, 9.17) is 9.47 Å². The van der Waals surface area contributed by atoms with Gasteiger partial charge >= 0.3 is 0 Å². The van der Waals surface area contributed by atoms with Gasteiger partial charge < -0.3 is 20.1 Å². The van der Waals surface area contributed by atoms with E-state index in [-0.39, 0.29) is 48.8 Å². The first kappa shape index (κ1) is 31.9.